The van der Waals surface area contributed by atoms with Gasteiger partial charge in [-0.1, -0.05) is 0 Å². The van der Waals surface area contributed by atoms with Crippen molar-refractivity contribution in [2.75, 3.05) is 46.8 Å². The van der Waals surface area contributed by atoms with E-state index in [4.69, 9.17) is 0 Å². The largest absolute Gasteiger partial charge is 0.357 e. The van der Waals surface area contributed by atoms with Crippen molar-refractivity contribution < 1.29 is 4.79 Å². The van der Waals surface area contributed by atoms with Crippen molar-refractivity contribution >= 4 is 35.8 Å². The van der Waals surface area contributed by atoms with Crippen LogP contribution in [0.2, 0.25) is 0 Å². The van der Waals surface area contributed by atoms with Crippen molar-refractivity contribution in [2.24, 2.45) is 4.99 Å². The predicted molar refractivity (Wildman–Crippen MR) is 103 cm³/mol. The highest BCUT2D eigenvalue weighted by Gasteiger charge is 2.30. The maximum Gasteiger partial charge on any atom is 0.239 e. The summed E-state index contributed by atoms with van der Waals surface area (Å²) in [6.45, 7) is 8.63. The van der Waals surface area contributed by atoms with E-state index in [9.17, 15) is 4.79 Å². The molecule has 1 atom stereocenters. The molecule has 1 amide bonds. The van der Waals surface area contributed by atoms with Crippen LogP contribution < -0.4 is 10.6 Å². The van der Waals surface area contributed by atoms with Crippen molar-refractivity contribution in [3.63, 3.8) is 0 Å². The van der Waals surface area contributed by atoms with Crippen LogP contribution in [0.25, 0.3) is 0 Å². The number of halogens is 1. The van der Waals surface area contributed by atoms with E-state index in [0.29, 0.717) is 0 Å². The summed E-state index contributed by atoms with van der Waals surface area (Å²) >= 11 is 0. The van der Waals surface area contributed by atoms with E-state index in [1.54, 1.807) is 4.90 Å². The first-order valence-electron chi connectivity index (χ1n) is 8.07. The number of hydrogen-bond donors (Lipinski definition) is 2. The summed E-state index contributed by atoms with van der Waals surface area (Å²) in [5.41, 5.74) is 0. The summed E-state index contributed by atoms with van der Waals surface area (Å²) in [4.78, 5) is 20.7. The molecule has 0 aromatic heterocycles. The summed E-state index contributed by atoms with van der Waals surface area (Å²) in [6.07, 6.45) is 3.09. The average molecular weight is 425 g/mol. The molecule has 1 unspecified atom stereocenters. The minimum atomic E-state index is 0. The fourth-order valence-electron chi connectivity index (χ4n) is 2.65. The molecule has 1 aliphatic heterocycles. The second-order valence-electron chi connectivity index (χ2n) is 5.57. The van der Waals surface area contributed by atoms with Gasteiger partial charge in [-0.05, 0) is 39.7 Å². The van der Waals surface area contributed by atoms with Crippen LogP contribution in [-0.2, 0) is 4.79 Å². The van der Waals surface area contributed by atoms with Gasteiger partial charge in [0.05, 0.1) is 6.04 Å². The summed E-state index contributed by atoms with van der Waals surface area (Å²) in [6, 6.07) is 0.0750. The van der Waals surface area contributed by atoms with Crippen molar-refractivity contribution in [1.82, 2.24) is 20.4 Å². The van der Waals surface area contributed by atoms with Crippen molar-refractivity contribution in [2.45, 2.75) is 39.2 Å². The lowest BCUT2D eigenvalue weighted by atomic mass is 10.2. The molecule has 1 aliphatic rings. The second-order valence-corrected chi connectivity index (χ2v) is 5.57. The highest BCUT2D eigenvalue weighted by Crippen LogP contribution is 2.18. The van der Waals surface area contributed by atoms with Crippen molar-refractivity contribution in [1.29, 1.82) is 0 Å². The molecule has 2 N–H and O–H groups in total. The fraction of sp³-hybridized carbons (Fsp3) is 0.867. The number of guanidine groups is 1. The van der Waals surface area contributed by atoms with Gasteiger partial charge < -0.3 is 15.5 Å². The summed E-state index contributed by atoms with van der Waals surface area (Å²) in [5, 5.41) is 6.44. The van der Waals surface area contributed by atoms with Gasteiger partial charge in [0.15, 0.2) is 5.96 Å². The van der Waals surface area contributed by atoms with Crippen LogP contribution >= 0.6 is 24.0 Å². The molecular weight excluding hydrogens is 393 g/mol. The zero-order chi connectivity index (χ0) is 15.7. The Morgan fingerprint density at radius 1 is 1.27 bits per heavy atom. The van der Waals surface area contributed by atoms with Crippen LogP contribution in [0.3, 0.4) is 0 Å². The van der Waals surface area contributed by atoms with Gasteiger partial charge in [0.1, 0.15) is 0 Å². The van der Waals surface area contributed by atoms with E-state index in [2.05, 4.69) is 34.4 Å². The Morgan fingerprint density at radius 2 is 1.91 bits per heavy atom. The molecule has 6 nitrogen and oxygen atoms in total. The molecule has 1 fully saturated rings. The van der Waals surface area contributed by atoms with E-state index < -0.39 is 0 Å². The normalized spacial score (nSPS) is 17.5. The highest BCUT2D eigenvalue weighted by molar-refractivity contribution is 14.0. The third kappa shape index (κ3) is 7.13. The first kappa shape index (κ1) is 21.4. The minimum Gasteiger partial charge on any atom is -0.357 e. The molecule has 0 aliphatic carbocycles. The Morgan fingerprint density at radius 3 is 2.45 bits per heavy atom. The Balaban J connectivity index is 0.00000441. The number of nitrogens with one attached hydrogen (secondary N) is 2. The molecule has 0 aromatic carbocycles. The molecule has 0 aromatic rings. The number of rotatable bonds is 7. The number of amides is 1. The number of nitrogens with zero attached hydrogens (tertiary/aromatic N) is 3. The van der Waals surface area contributed by atoms with Gasteiger partial charge in [-0.25, -0.2) is 0 Å². The summed E-state index contributed by atoms with van der Waals surface area (Å²) in [7, 11) is 3.67. The molecule has 0 radical (unpaired) electrons. The van der Waals surface area contributed by atoms with Crippen LogP contribution in [-0.4, -0.2) is 74.5 Å². The molecule has 1 rings (SSSR count). The SMILES string of the molecule is CCNC(=NCCCN1CCCC1C(=O)N(C)C)NCC.I. The Bertz CT molecular complexity index is 341. The molecule has 22 heavy (non-hydrogen) atoms. The van der Waals surface area contributed by atoms with Gasteiger partial charge >= 0.3 is 0 Å². The number of aliphatic imine (C=N–C) groups is 1. The van der Waals surface area contributed by atoms with Crippen molar-refractivity contribution in [3.05, 3.63) is 0 Å². The number of carbonyl (C=O) groups is 1. The van der Waals surface area contributed by atoms with Crippen LogP contribution in [0.1, 0.15) is 33.1 Å². The standard InChI is InChI=1S/C15H31N5O.HI/c1-5-16-15(17-6-2)18-10-8-12-20-11-7-9-13(20)14(21)19(3)4;/h13H,5-12H2,1-4H3,(H2,16,17,18);1H. The molecule has 0 bridgehead atoms. The fourth-order valence-corrected chi connectivity index (χ4v) is 2.65. The van der Waals surface area contributed by atoms with Crippen LogP contribution in [0, 0.1) is 0 Å². The maximum atomic E-state index is 12.1. The van der Waals surface area contributed by atoms with Crippen molar-refractivity contribution in [3.8, 4) is 0 Å². The minimum absolute atomic E-state index is 0. The average Bonchev–Trinajstić information content (AvgIpc) is 2.91. The maximum absolute atomic E-state index is 12.1. The number of carbonyl (C=O) groups excluding carboxylic acids is 1. The molecule has 0 spiro atoms. The van der Waals surface area contributed by atoms with Gasteiger partial charge in [0.25, 0.3) is 0 Å². The molecule has 1 heterocycles. The summed E-state index contributed by atoms with van der Waals surface area (Å²) in [5.74, 6) is 1.11. The third-order valence-electron chi connectivity index (χ3n) is 3.65. The third-order valence-corrected chi connectivity index (χ3v) is 3.65. The van der Waals surface area contributed by atoms with Gasteiger partial charge in [-0.15, -0.1) is 24.0 Å². The van der Waals surface area contributed by atoms with Crippen LogP contribution in [0.15, 0.2) is 4.99 Å². The first-order valence-corrected chi connectivity index (χ1v) is 8.07. The zero-order valence-corrected chi connectivity index (χ0v) is 16.7. The summed E-state index contributed by atoms with van der Waals surface area (Å²) < 4.78 is 0. The monoisotopic (exact) mass is 425 g/mol. The van der Waals surface area contributed by atoms with E-state index in [1.807, 2.05) is 14.1 Å². The first-order chi connectivity index (χ1) is 10.1. The number of hydrogen-bond acceptors (Lipinski definition) is 3. The number of likely N-dealkylation sites (N-methyl/N-ethyl adjacent to an activating group) is 1. The Kier molecular flexibility index (Phi) is 11.6. The Hall–Kier alpha value is -0.570. The van der Waals surface area contributed by atoms with Gasteiger partial charge in [-0.2, -0.15) is 0 Å². The van der Waals surface area contributed by atoms with E-state index >= 15 is 0 Å². The predicted octanol–water partition coefficient (Wildman–Crippen LogP) is 1.12. The van der Waals surface area contributed by atoms with Crippen LogP contribution in [0.4, 0.5) is 0 Å². The Labute approximate surface area is 152 Å². The lowest BCUT2D eigenvalue weighted by Crippen LogP contribution is -2.43. The number of likely N-dealkylation sites (tertiary alicyclic amines) is 1. The van der Waals surface area contributed by atoms with E-state index in [-0.39, 0.29) is 35.9 Å². The molecule has 130 valence electrons. The molecule has 0 saturated carbocycles. The highest BCUT2D eigenvalue weighted by atomic mass is 127. The van der Waals surface area contributed by atoms with E-state index in [0.717, 1.165) is 57.9 Å². The van der Waals surface area contributed by atoms with Gasteiger partial charge in [0, 0.05) is 40.3 Å². The lowest BCUT2D eigenvalue weighted by Gasteiger charge is -2.25. The smallest absolute Gasteiger partial charge is 0.239 e. The zero-order valence-electron chi connectivity index (χ0n) is 14.4. The quantitative estimate of drug-likeness (QED) is 0.278. The van der Waals surface area contributed by atoms with Gasteiger partial charge in [-0.3, -0.25) is 14.7 Å². The molecular formula is C15H32IN5O. The second kappa shape index (κ2) is 11.9. The van der Waals surface area contributed by atoms with Crippen LogP contribution in [0.5, 0.6) is 0 Å². The lowest BCUT2D eigenvalue weighted by molar-refractivity contribution is -0.133. The van der Waals surface area contributed by atoms with Gasteiger partial charge in [0.2, 0.25) is 5.91 Å². The molecule has 1 saturated heterocycles. The molecule has 7 heteroatoms. The van der Waals surface area contributed by atoms with E-state index in [1.165, 1.54) is 0 Å². The topological polar surface area (TPSA) is 60.0 Å².